The molecule has 2 atom stereocenters. The van der Waals surface area contributed by atoms with E-state index in [0.29, 0.717) is 22.6 Å². The van der Waals surface area contributed by atoms with E-state index in [-0.39, 0.29) is 0 Å². The Labute approximate surface area is 143 Å². The number of benzene rings is 2. The zero-order valence-electron chi connectivity index (χ0n) is 12.9. The fourth-order valence-corrected chi connectivity index (χ4v) is 3.85. The van der Waals surface area contributed by atoms with Crippen LogP contribution in [0, 0.1) is 34.5 Å². The molecule has 120 valence electrons. The second-order valence-electron chi connectivity index (χ2n) is 5.94. The summed E-state index contributed by atoms with van der Waals surface area (Å²) < 4.78 is 5.90. The summed E-state index contributed by atoms with van der Waals surface area (Å²) in [5.74, 6) is -3.01. The minimum Gasteiger partial charge on any atom is -0.457 e. The number of nitrogens with one attached hydrogen (secondary N) is 1. The Kier molecular flexibility index (Phi) is 3.10. The van der Waals surface area contributed by atoms with Crippen LogP contribution in [0.4, 0.5) is 0 Å². The van der Waals surface area contributed by atoms with Gasteiger partial charge in [0.2, 0.25) is 11.8 Å². The lowest BCUT2D eigenvalue weighted by Gasteiger charge is -2.46. The van der Waals surface area contributed by atoms with Crippen LogP contribution in [0.3, 0.4) is 0 Å². The number of ether oxygens (including phenoxy) is 1. The van der Waals surface area contributed by atoms with E-state index in [9.17, 15) is 20.1 Å². The third-order valence-electron chi connectivity index (χ3n) is 4.83. The predicted molar refractivity (Wildman–Crippen MR) is 85.1 cm³/mol. The first-order valence-electron chi connectivity index (χ1n) is 7.65. The van der Waals surface area contributed by atoms with E-state index >= 15 is 0 Å². The van der Waals surface area contributed by atoms with E-state index in [0.717, 1.165) is 0 Å². The number of hydrogen-bond donors (Lipinski definition) is 1. The molecule has 6 heteroatoms. The summed E-state index contributed by atoms with van der Waals surface area (Å²) in [4.78, 5) is 25.0. The molecule has 0 aliphatic carbocycles. The summed E-state index contributed by atoms with van der Waals surface area (Å²) in [5.41, 5.74) is -0.418. The molecular weight excluding hydrogens is 318 g/mol. The van der Waals surface area contributed by atoms with Gasteiger partial charge in [0.1, 0.15) is 23.3 Å². The number of amides is 2. The summed E-state index contributed by atoms with van der Waals surface area (Å²) >= 11 is 0. The number of piperidine rings is 1. The summed E-state index contributed by atoms with van der Waals surface area (Å²) in [6.45, 7) is 0. The van der Waals surface area contributed by atoms with Crippen LogP contribution in [0.5, 0.6) is 11.5 Å². The Morgan fingerprint density at radius 3 is 1.72 bits per heavy atom. The first-order chi connectivity index (χ1) is 12.1. The van der Waals surface area contributed by atoms with Crippen molar-refractivity contribution in [1.29, 1.82) is 10.5 Å². The van der Waals surface area contributed by atoms with Crippen molar-refractivity contribution in [2.75, 3.05) is 0 Å². The zero-order valence-corrected chi connectivity index (χ0v) is 12.9. The Hall–Kier alpha value is -3.64. The van der Waals surface area contributed by atoms with Gasteiger partial charge in [-0.2, -0.15) is 10.5 Å². The summed E-state index contributed by atoms with van der Waals surface area (Å²) in [6, 6.07) is 17.8. The van der Waals surface area contributed by atoms with Gasteiger partial charge < -0.3 is 4.74 Å². The summed E-state index contributed by atoms with van der Waals surface area (Å²) in [7, 11) is 0. The van der Waals surface area contributed by atoms with Gasteiger partial charge in [-0.25, -0.2) is 0 Å². The first kappa shape index (κ1) is 14.9. The van der Waals surface area contributed by atoms with Crippen LogP contribution in [0.1, 0.15) is 11.1 Å². The molecule has 1 saturated heterocycles. The summed E-state index contributed by atoms with van der Waals surface area (Å²) in [6.07, 6.45) is 0. The normalized spacial score (nSPS) is 22.6. The third-order valence-corrected chi connectivity index (χ3v) is 4.83. The molecule has 2 heterocycles. The molecule has 0 aromatic heterocycles. The lowest BCUT2D eigenvalue weighted by Crippen LogP contribution is -2.61. The van der Waals surface area contributed by atoms with E-state index in [1.807, 2.05) is 12.1 Å². The van der Waals surface area contributed by atoms with Crippen LogP contribution in [0.15, 0.2) is 48.5 Å². The van der Waals surface area contributed by atoms with Crippen molar-refractivity contribution in [3.8, 4) is 23.6 Å². The Balaban J connectivity index is 2.17. The zero-order chi connectivity index (χ0) is 17.6. The van der Waals surface area contributed by atoms with Gasteiger partial charge in [0, 0.05) is 11.1 Å². The van der Waals surface area contributed by atoms with Gasteiger partial charge in [-0.3, -0.25) is 14.9 Å². The van der Waals surface area contributed by atoms with Crippen LogP contribution in [-0.2, 0) is 15.0 Å². The largest absolute Gasteiger partial charge is 0.457 e. The van der Waals surface area contributed by atoms with Crippen LogP contribution >= 0.6 is 0 Å². The molecule has 1 N–H and O–H groups in total. The Morgan fingerprint density at radius 2 is 1.28 bits per heavy atom. The fraction of sp³-hybridized carbons (Fsp3) is 0.158. The number of imide groups is 1. The maximum absolute atomic E-state index is 12.5. The number of rotatable bonds is 0. The third kappa shape index (κ3) is 1.76. The molecule has 0 unspecified atom stereocenters. The fourth-order valence-electron chi connectivity index (χ4n) is 3.85. The standard InChI is InChI=1S/C19H11N3O3/c20-9-13-17(23)22-18(24)14(10-21)19(13)11-5-1-3-7-15(11)25-16-8-4-2-6-12(16)19/h1-8,13-14H,(H,22,23,24)/t13-,14+. The maximum Gasteiger partial charge on any atom is 0.245 e. The molecule has 6 nitrogen and oxygen atoms in total. The number of para-hydroxylation sites is 2. The number of nitrogens with zero attached hydrogens (tertiary/aromatic N) is 2. The smallest absolute Gasteiger partial charge is 0.245 e. The van der Waals surface area contributed by atoms with Gasteiger partial charge in [0.15, 0.2) is 0 Å². The van der Waals surface area contributed by atoms with E-state index in [4.69, 9.17) is 4.74 Å². The maximum atomic E-state index is 12.5. The van der Waals surface area contributed by atoms with Crippen molar-refractivity contribution in [3.05, 3.63) is 59.7 Å². The molecule has 25 heavy (non-hydrogen) atoms. The van der Waals surface area contributed by atoms with E-state index in [1.165, 1.54) is 0 Å². The number of carbonyl (C=O) groups excluding carboxylic acids is 2. The first-order valence-corrected chi connectivity index (χ1v) is 7.65. The van der Waals surface area contributed by atoms with Gasteiger partial charge in [-0.1, -0.05) is 36.4 Å². The van der Waals surface area contributed by atoms with Crippen molar-refractivity contribution in [2.24, 2.45) is 11.8 Å². The topological polar surface area (TPSA) is 103 Å². The number of nitriles is 2. The minimum atomic E-state index is -1.41. The number of hydrogen-bond acceptors (Lipinski definition) is 5. The van der Waals surface area contributed by atoms with Crippen LogP contribution in [0.2, 0.25) is 0 Å². The average molecular weight is 329 g/mol. The van der Waals surface area contributed by atoms with Crippen LogP contribution in [0.25, 0.3) is 0 Å². The molecule has 1 spiro atoms. The van der Waals surface area contributed by atoms with Gasteiger partial charge in [-0.05, 0) is 12.1 Å². The van der Waals surface area contributed by atoms with Crippen molar-refractivity contribution in [1.82, 2.24) is 5.32 Å². The van der Waals surface area contributed by atoms with Gasteiger partial charge >= 0.3 is 0 Å². The number of fused-ring (bicyclic) bond motifs is 4. The van der Waals surface area contributed by atoms with Gasteiger partial charge in [-0.15, -0.1) is 0 Å². The molecule has 0 bridgehead atoms. The highest BCUT2D eigenvalue weighted by Crippen LogP contribution is 2.56. The Morgan fingerprint density at radius 1 is 0.840 bits per heavy atom. The molecule has 1 fully saturated rings. The highest BCUT2D eigenvalue weighted by atomic mass is 16.5. The molecule has 0 saturated carbocycles. The SMILES string of the molecule is N#C[C@@H]1C(=O)NC(=O)[C@H](C#N)C12c1ccccc1Oc1ccccc12. The lowest BCUT2D eigenvalue weighted by atomic mass is 9.56. The monoisotopic (exact) mass is 329 g/mol. The van der Waals surface area contributed by atoms with E-state index < -0.39 is 29.1 Å². The molecule has 2 aromatic carbocycles. The highest BCUT2D eigenvalue weighted by molar-refractivity contribution is 6.05. The van der Waals surface area contributed by atoms with Crippen molar-refractivity contribution in [3.63, 3.8) is 0 Å². The predicted octanol–water partition coefficient (Wildman–Crippen LogP) is 2.01. The molecule has 2 aliphatic heterocycles. The van der Waals surface area contributed by atoms with Crippen molar-refractivity contribution in [2.45, 2.75) is 5.41 Å². The molecule has 2 aliphatic rings. The number of carbonyl (C=O) groups is 2. The highest BCUT2D eigenvalue weighted by Gasteiger charge is 2.61. The second kappa shape index (κ2) is 5.19. The van der Waals surface area contributed by atoms with Crippen molar-refractivity contribution >= 4 is 11.8 Å². The minimum absolute atomic E-state index is 0.434. The lowest BCUT2D eigenvalue weighted by molar-refractivity contribution is -0.140. The van der Waals surface area contributed by atoms with Crippen LogP contribution in [-0.4, -0.2) is 11.8 Å². The second-order valence-corrected chi connectivity index (χ2v) is 5.94. The molecule has 0 radical (unpaired) electrons. The Bertz CT molecular complexity index is 920. The van der Waals surface area contributed by atoms with Crippen molar-refractivity contribution < 1.29 is 14.3 Å². The molecule has 2 amide bonds. The quantitative estimate of drug-likeness (QED) is 0.745. The van der Waals surface area contributed by atoms with Crippen LogP contribution < -0.4 is 10.1 Å². The molecular formula is C19H11N3O3. The molecule has 4 rings (SSSR count). The van der Waals surface area contributed by atoms with E-state index in [1.54, 1.807) is 48.5 Å². The average Bonchev–Trinajstić information content (AvgIpc) is 2.62. The summed E-state index contributed by atoms with van der Waals surface area (Å²) in [5, 5.41) is 21.7. The van der Waals surface area contributed by atoms with Gasteiger partial charge in [0.05, 0.1) is 17.6 Å². The molecule has 2 aromatic rings. The van der Waals surface area contributed by atoms with E-state index in [2.05, 4.69) is 5.32 Å². The van der Waals surface area contributed by atoms with Gasteiger partial charge in [0.25, 0.3) is 0 Å².